The van der Waals surface area contributed by atoms with Crippen LogP contribution in [0.5, 0.6) is 0 Å². The number of rotatable bonds is 7. The van der Waals surface area contributed by atoms with Gasteiger partial charge in [-0.25, -0.2) is 0 Å². The highest BCUT2D eigenvalue weighted by Crippen LogP contribution is 2.37. The second-order valence-corrected chi connectivity index (χ2v) is 14.6. The summed E-state index contributed by atoms with van der Waals surface area (Å²) in [6, 6.07) is 0. The minimum absolute atomic E-state index is 0. The zero-order valence-corrected chi connectivity index (χ0v) is 32.2. The summed E-state index contributed by atoms with van der Waals surface area (Å²) in [6.45, 7) is 27.1. The fourth-order valence-electron chi connectivity index (χ4n) is 4.98. The van der Waals surface area contributed by atoms with Crippen LogP contribution in [0.3, 0.4) is 0 Å². The van der Waals surface area contributed by atoms with Crippen LogP contribution in [0.25, 0.3) is 0 Å². The van der Waals surface area contributed by atoms with Crippen molar-refractivity contribution in [2.75, 3.05) is 71.0 Å². The number of aromatic amines is 1. The molecule has 4 fully saturated rings. The highest BCUT2D eigenvalue weighted by atomic mass is 79.9. The Balaban J connectivity index is 0.000000205. The molecule has 12 nitrogen and oxygen atoms in total. The van der Waals surface area contributed by atoms with E-state index in [4.69, 9.17) is 28.1 Å². The first-order valence-corrected chi connectivity index (χ1v) is 17.2. The van der Waals surface area contributed by atoms with E-state index in [-0.39, 0.29) is 53.6 Å². The Labute approximate surface area is 295 Å². The van der Waals surface area contributed by atoms with Gasteiger partial charge in [0.25, 0.3) is 0 Å². The van der Waals surface area contributed by atoms with Crippen molar-refractivity contribution in [1.82, 2.24) is 29.8 Å². The Kier molecular flexibility index (Phi) is 14.8. The van der Waals surface area contributed by atoms with Gasteiger partial charge in [-0.15, -0.1) is 17.0 Å². The molecule has 4 aliphatic heterocycles. The lowest BCUT2D eigenvalue weighted by molar-refractivity contribution is 0.00578. The number of hydrogen-bond acceptors (Lipinski definition) is 10. The fourth-order valence-corrected chi connectivity index (χ4v) is 5.49. The molecular formula is C30H54B2Br2N6O6. The van der Waals surface area contributed by atoms with Gasteiger partial charge in [-0.2, -0.15) is 10.2 Å². The van der Waals surface area contributed by atoms with Gasteiger partial charge in [0.15, 0.2) is 0 Å². The predicted octanol–water partition coefficient (Wildman–Crippen LogP) is 2.51. The van der Waals surface area contributed by atoms with Crippen molar-refractivity contribution in [3.05, 3.63) is 24.8 Å². The molecule has 260 valence electrons. The molecule has 0 aliphatic carbocycles. The quantitative estimate of drug-likeness (QED) is 0.333. The summed E-state index contributed by atoms with van der Waals surface area (Å²) in [5, 5.41) is 12.1. The molecule has 16 heteroatoms. The van der Waals surface area contributed by atoms with Crippen LogP contribution >= 0.6 is 32.9 Å². The highest BCUT2D eigenvalue weighted by molar-refractivity contribution is 9.09. The second-order valence-electron chi connectivity index (χ2n) is 13.8. The topological polar surface area (TPSA) is 108 Å². The van der Waals surface area contributed by atoms with Gasteiger partial charge in [0, 0.05) is 80.3 Å². The number of aromatic nitrogens is 4. The Bertz CT molecular complexity index is 1130. The monoisotopic (exact) mass is 774 g/mol. The third kappa shape index (κ3) is 10.6. The van der Waals surface area contributed by atoms with E-state index in [2.05, 4.69) is 68.7 Å². The first kappa shape index (κ1) is 39.6. The molecule has 0 radical (unpaired) electrons. The Hall–Kier alpha value is -0.810. The Morgan fingerprint density at radius 1 is 0.696 bits per heavy atom. The van der Waals surface area contributed by atoms with E-state index in [1.54, 1.807) is 12.4 Å². The number of hydrogen-bond donors (Lipinski definition) is 1. The minimum Gasteiger partial charge on any atom is -0.399 e. The molecule has 0 amide bonds. The molecule has 6 rings (SSSR count). The molecule has 0 spiro atoms. The van der Waals surface area contributed by atoms with Crippen LogP contribution in [-0.2, 0) is 34.6 Å². The van der Waals surface area contributed by atoms with Crippen molar-refractivity contribution in [3.63, 3.8) is 0 Å². The number of nitrogens with zero attached hydrogens (tertiary/aromatic N) is 5. The van der Waals surface area contributed by atoms with E-state index in [1.165, 1.54) is 0 Å². The summed E-state index contributed by atoms with van der Waals surface area (Å²) in [7, 11) is -0.638. The van der Waals surface area contributed by atoms with Crippen LogP contribution in [-0.4, -0.2) is 137 Å². The largest absolute Gasteiger partial charge is 0.498 e. The molecule has 4 saturated heterocycles. The van der Waals surface area contributed by atoms with Gasteiger partial charge >= 0.3 is 14.2 Å². The lowest BCUT2D eigenvalue weighted by Gasteiger charge is -2.32. The fraction of sp³-hybridized carbons (Fsp3) is 0.800. The van der Waals surface area contributed by atoms with E-state index in [0.29, 0.717) is 0 Å². The first-order chi connectivity index (χ1) is 21.2. The lowest BCUT2D eigenvalue weighted by atomic mass is 9.82. The van der Waals surface area contributed by atoms with Gasteiger partial charge < -0.3 is 28.1 Å². The molecule has 0 bridgehead atoms. The summed E-state index contributed by atoms with van der Waals surface area (Å²) < 4.78 is 36.3. The third-order valence-corrected chi connectivity index (χ3v) is 9.83. The minimum atomic E-state index is -0.331. The molecule has 0 atom stereocenters. The summed E-state index contributed by atoms with van der Waals surface area (Å²) in [4.78, 5) is 4.80. The molecule has 2 aromatic rings. The van der Waals surface area contributed by atoms with Gasteiger partial charge in [-0.05, 0) is 55.4 Å². The average molecular weight is 776 g/mol. The predicted molar refractivity (Wildman–Crippen MR) is 191 cm³/mol. The maximum atomic E-state index is 6.06. The summed E-state index contributed by atoms with van der Waals surface area (Å²) >= 11 is 3.40. The number of ether oxygens (including phenoxy) is 2. The molecule has 2 aromatic heterocycles. The standard InChI is InChI=1S/C15H26BN3O3.C9H15BN2O2.C6H12BrNO.BrH/c1-14(2)15(3,4)22-16(21-14)13-11-17-19(12-13)6-5-18-7-9-20-10-8-18;1-8(2)9(3,4)14-10(13-8)7-5-11-12-6-7;7-1-2-8-3-5-9-6-4-8;/h11-12H,5-10H2,1-4H3;5-6H,1-4H3,(H,11,12);1-6H2;1H. The zero-order chi connectivity index (χ0) is 32.7. The summed E-state index contributed by atoms with van der Waals surface area (Å²) in [5.74, 6) is 0. The highest BCUT2D eigenvalue weighted by Gasteiger charge is 2.53. The van der Waals surface area contributed by atoms with Crippen molar-refractivity contribution in [3.8, 4) is 0 Å². The van der Waals surface area contributed by atoms with E-state index in [9.17, 15) is 0 Å². The number of morpholine rings is 2. The van der Waals surface area contributed by atoms with E-state index < -0.39 is 0 Å². The van der Waals surface area contributed by atoms with Crippen LogP contribution in [0.4, 0.5) is 0 Å². The van der Waals surface area contributed by atoms with Gasteiger partial charge in [0.05, 0.1) is 55.4 Å². The van der Waals surface area contributed by atoms with Gasteiger partial charge in [-0.1, -0.05) is 15.9 Å². The molecule has 6 heterocycles. The Morgan fingerprint density at radius 3 is 1.59 bits per heavy atom. The summed E-state index contributed by atoms with van der Waals surface area (Å²) in [6.07, 6.45) is 7.40. The number of H-pyrrole nitrogens is 1. The van der Waals surface area contributed by atoms with Crippen molar-refractivity contribution in [1.29, 1.82) is 0 Å². The molecule has 0 unspecified atom stereocenters. The van der Waals surface area contributed by atoms with Gasteiger partial charge in [-0.3, -0.25) is 19.6 Å². The molecule has 46 heavy (non-hydrogen) atoms. The summed E-state index contributed by atoms with van der Waals surface area (Å²) in [5.41, 5.74) is 0.731. The smallest absolute Gasteiger partial charge is 0.399 e. The van der Waals surface area contributed by atoms with Crippen LogP contribution < -0.4 is 10.9 Å². The molecular weight excluding hydrogens is 722 g/mol. The normalized spacial score (nSPS) is 23.6. The lowest BCUT2D eigenvalue weighted by Crippen LogP contribution is -2.41. The maximum Gasteiger partial charge on any atom is 0.498 e. The third-order valence-electron chi connectivity index (χ3n) is 9.48. The Morgan fingerprint density at radius 2 is 1.15 bits per heavy atom. The molecule has 1 N–H and O–H groups in total. The van der Waals surface area contributed by atoms with Crippen molar-refractivity contribution in [2.24, 2.45) is 0 Å². The van der Waals surface area contributed by atoms with Crippen molar-refractivity contribution in [2.45, 2.75) is 84.3 Å². The second kappa shape index (κ2) is 17.2. The molecule has 0 saturated carbocycles. The number of halogens is 2. The first-order valence-electron chi connectivity index (χ1n) is 16.1. The van der Waals surface area contributed by atoms with E-state index >= 15 is 0 Å². The number of nitrogens with one attached hydrogen (secondary N) is 1. The van der Waals surface area contributed by atoms with E-state index in [1.807, 2.05) is 44.8 Å². The van der Waals surface area contributed by atoms with E-state index in [0.717, 1.165) is 88.5 Å². The molecule has 0 aromatic carbocycles. The van der Waals surface area contributed by atoms with Gasteiger partial charge in [0.1, 0.15) is 0 Å². The van der Waals surface area contributed by atoms with Crippen LogP contribution in [0, 0.1) is 0 Å². The number of alkyl halides is 1. The van der Waals surface area contributed by atoms with Crippen LogP contribution in [0.1, 0.15) is 55.4 Å². The van der Waals surface area contributed by atoms with Gasteiger partial charge in [0.2, 0.25) is 0 Å². The van der Waals surface area contributed by atoms with Crippen LogP contribution in [0.2, 0.25) is 0 Å². The van der Waals surface area contributed by atoms with Crippen molar-refractivity contribution >= 4 is 58.1 Å². The average Bonchev–Trinajstić information content (AvgIpc) is 3.77. The van der Waals surface area contributed by atoms with Crippen LogP contribution in [0.15, 0.2) is 24.8 Å². The SMILES string of the molecule is Br.BrCCN1CCOCC1.CC1(C)OB(c2cn[nH]c2)OC1(C)C.CC1(C)OB(c2cnn(CCN3CCOCC3)c2)OC1(C)C. The molecule has 4 aliphatic rings. The van der Waals surface area contributed by atoms with Crippen molar-refractivity contribution < 1.29 is 28.1 Å². The zero-order valence-electron chi connectivity index (χ0n) is 28.9. The maximum absolute atomic E-state index is 6.06.